The molecule has 7 nitrogen and oxygen atoms in total. The summed E-state index contributed by atoms with van der Waals surface area (Å²) in [5.41, 5.74) is 1.23. The molecule has 1 atom stereocenters. The van der Waals surface area contributed by atoms with Gasteiger partial charge in [0.25, 0.3) is 5.91 Å². The van der Waals surface area contributed by atoms with E-state index in [-0.39, 0.29) is 11.9 Å². The van der Waals surface area contributed by atoms with Gasteiger partial charge in [0.15, 0.2) is 5.82 Å². The van der Waals surface area contributed by atoms with Crippen molar-refractivity contribution in [3.8, 4) is 0 Å². The van der Waals surface area contributed by atoms with Crippen molar-refractivity contribution in [1.82, 2.24) is 25.1 Å². The van der Waals surface area contributed by atoms with Crippen LogP contribution in [0, 0.1) is 0 Å². The molecule has 0 saturated heterocycles. The van der Waals surface area contributed by atoms with Crippen LogP contribution in [-0.4, -0.2) is 32.7 Å². The molecule has 7 heteroatoms. The van der Waals surface area contributed by atoms with E-state index in [1.165, 1.54) is 6.20 Å². The zero-order valence-electron chi connectivity index (χ0n) is 11.1. The number of aryl methyl sites for hydroxylation is 1. The summed E-state index contributed by atoms with van der Waals surface area (Å²) in [5.74, 6) is 0.496. The van der Waals surface area contributed by atoms with Crippen LogP contribution in [-0.2, 0) is 7.05 Å². The Kier molecular flexibility index (Phi) is 3.74. The Morgan fingerprint density at radius 3 is 2.89 bits per heavy atom. The van der Waals surface area contributed by atoms with Gasteiger partial charge in [-0.3, -0.25) is 9.78 Å². The zero-order valence-corrected chi connectivity index (χ0v) is 11.1. The standard InChI is InChI=1S/C12H16N6O/c1-8(11-17-15-7-18(11)3)16-12(19)9-6-14-5-4-10(9)13-2/h4-8H,1-3H3,(H,13,14)(H,16,19). The molecule has 2 rings (SSSR count). The largest absolute Gasteiger partial charge is 0.387 e. The summed E-state index contributed by atoms with van der Waals surface area (Å²) in [6.45, 7) is 1.86. The topological polar surface area (TPSA) is 84.7 Å². The predicted octanol–water partition coefficient (Wildman–Crippen LogP) is 0.743. The third-order valence-electron chi connectivity index (χ3n) is 2.82. The number of pyridine rings is 1. The Morgan fingerprint density at radius 1 is 1.47 bits per heavy atom. The molecule has 0 aliphatic carbocycles. The van der Waals surface area contributed by atoms with E-state index >= 15 is 0 Å². The van der Waals surface area contributed by atoms with Crippen LogP contribution in [0.5, 0.6) is 0 Å². The van der Waals surface area contributed by atoms with Crippen LogP contribution in [0.15, 0.2) is 24.8 Å². The van der Waals surface area contributed by atoms with Crippen molar-refractivity contribution in [3.05, 3.63) is 36.2 Å². The molecular formula is C12H16N6O. The lowest BCUT2D eigenvalue weighted by Crippen LogP contribution is -2.29. The highest BCUT2D eigenvalue weighted by molar-refractivity contribution is 5.99. The average molecular weight is 260 g/mol. The Balaban J connectivity index is 2.15. The first-order valence-electron chi connectivity index (χ1n) is 5.90. The molecule has 2 N–H and O–H groups in total. The van der Waals surface area contributed by atoms with Gasteiger partial charge in [-0.25, -0.2) is 0 Å². The molecule has 2 aromatic rings. The van der Waals surface area contributed by atoms with E-state index in [4.69, 9.17) is 0 Å². The molecule has 0 bridgehead atoms. The molecule has 0 fully saturated rings. The second-order valence-electron chi connectivity index (χ2n) is 4.17. The van der Waals surface area contributed by atoms with Crippen LogP contribution in [0.1, 0.15) is 29.1 Å². The summed E-state index contributed by atoms with van der Waals surface area (Å²) < 4.78 is 1.77. The molecular weight excluding hydrogens is 244 g/mol. The lowest BCUT2D eigenvalue weighted by molar-refractivity contribution is 0.0938. The van der Waals surface area contributed by atoms with E-state index in [1.807, 2.05) is 14.0 Å². The Labute approximate surface area is 111 Å². The first kappa shape index (κ1) is 13.0. The summed E-state index contributed by atoms with van der Waals surface area (Å²) in [6.07, 6.45) is 4.76. The van der Waals surface area contributed by atoms with Crippen LogP contribution in [0.4, 0.5) is 5.69 Å². The molecule has 0 saturated carbocycles. The van der Waals surface area contributed by atoms with E-state index < -0.39 is 0 Å². The quantitative estimate of drug-likeness (QED) is 0.847. The van der Waals surface area contributed by atoms with E-state index in [0.717, 1.165) is 5.69 Å². The monoisotopic (exact) mass is 260 g/mol. The fourth-order valence-corrected chi connectivity index (χ4v) is 1.82. The highest BCUT2D eigenvalue weighted by atomic mass is 16.1. The maximum atomic E-state index is 12.2. The molecule has 2 heterocycles. The third-order valence-corrected chi connectivity index (χ3v) is 2.82. The Morgan fingerprint density at radius 2 is 2.26 bits per heavy atom. The van der Waals surface area contributed by atoms with E-state index in [2.05, 4.69) is 25.8 Å². The van der Waals surface area contributed by atoms with Crippen molar-refractivity contribution >= 4 is 11.6 Å². The number of carbonyl (C=O) groups excluding carboxylic acids is 1. The van der Waals surface area contributed by atoms with Gasteiger partial charge in [0.2, 0.25) is 0 Å². The smallest absolute Gasteiger partial charge is 0.255 e. The lowest BCUT2D eigenvalue weighted by atomic mass is 10.2. The van der Waals surface area contributed by atoms with E-state index in [1.54, 1.807) is 30.2 Å². The molecule has 19 heavy (non-hydrogen) atoms. The molecule has 0 aromatic carbocycles. The number of amides is 1. The van der Waals surface area contributed by atoms with Crippen molar-refractivity contribution in [2.75, 3.05) is 12.4 Å². The highest BCUT2D eigenvalue weighted by Crippen LogP contribution is 2.14. The van der Waals surface area contributed by atoms with Gasteiger partial charge in [0.05, 0.1) is 11.6 Å². The van der Waals surface area contributed by atoms with Gasteiger partial charge in [-0.05, 0) is 13.0 Å². The summed E-state index contributed by atoms with van der Waals surface area (Å²) in [7, 11) is 3.60. The predicted molar refractivity (Wildman–Crippen MR) is 70.7 cm³/mol. The fraction of sp³-hybridized carbons (Fsp3) is 0.333. The number of aromatic nitrogens is 4. The third kappa shape index (κ3) is 2.70. The van der Waals surface area contributed by atoms with Gasteiger partial charge in [0.1, 0.15) is 6.33 Å². The molecule has 100 valence electrons. The molecule has 0 aliphatic rings. The minimum atomic E-state index is -0.232. The second-order valence-corrected chi connectivity index (χ2v) is 4.17. The number of rotatable bonds is 4. The minimum absolute atomic E-state index is 0.201. The number of anilines is 1. The van der Waals surface area contributed by atoms with Gasteiger partial charge in [0, 0.05) is 32.2 Å². The first-order chi connectivity index (χ1) is 9.13. The molecule has 1 amide bonds. The summed E-state index contributed by atoms with van der Waals surface area (Å²) in [5, 5.41) is 13.6. The van der Waals surface area contributed by atoms with Crippen molar-refractivity contribution in [2.24, 2.45) is 7.05 Å². The lowest BCUT2D eigenvalue weighted by Gasteiger charge is -2.14. The van der Waals surface area contributed by atoms with Gasteiger partial charge in [-0.15, -0.1) is 10.2 Å². The zero-order chi connectivity index (χ0) is 13.8. The van der Waals surface area contributed by atoms with Crippen LogP contribution in [0.25, 0.3) is 0 Å². The van der Waals surface area contributed by atoms with Crippen LogP contribution >= 0.6 is 0 Å². The highest BCUT2D eigenvalue weighted by Gasteiger charge is 2.17. The van der Waals surface area contributed by atoms with Gasteiger partial charge in [-0.1, -0.05) is 0 Å². The SMILES string of the molecule is CNc1ccncc1C(=O)NC(C)c1nncn1C. The number of hydrogen-bond donors (Lipinski definition) is 2. The maximum Gasteiger partial charge on any atom is 0.255 e. The first-order valence-corrected chi connectivity index (χ1v) is 5.90. The van der Waals surface area contributed by atoms with E-state index in [0.29, 0.717) is 11.4 Å². The van der Waals surface area contributed by atoms with Crippen molar-refractivity contribution in [3.63, 3.8) is 0 Å². The van der Waals surface area contributed by atoms with Gasteiger partial charge >= 0.3 is 0 Å². The van der Waals surface area contributed by atoms with Crippen LogP contribution in [0.2, 0.25) is 0 Å². The molecule has 0 aliphatic heterocycles. The number of nitrogens with one attached hydrogen (secondary N) is 2. The summed E-state index contributed by atoms with van der Waals surface area (Å²) >= 11 is 0. The number of nitrogens with zero attached hydrogens (tertiary/aromatic N) is 4. The van der Waals surface area contributed by atoms with Crippen LogP contribution < -0.4 is 10.6 Å². The summed E-state index contributed by atoms with van der Waals surface area (Å²) in [4.78, 5) is 16.2. The normalized spacial score (nSPS) is 11.9. The van der Waals surface area contributed by atoms with Crippen molar-refractivity contribution in [1.29, 1.82) is 0 Å². The minimum Gasteiger partial charge on any atom is -0.387 e. The molecule has 2 aromatic heterocycles. The molecule has 0 spiro atoms. The maximum absolute atomic E-state index is 12.2. The summed E-state index contributed by atoms with van der Waals surface area (Å²) in [6, 6.07) is 1.52. The number of carbonyl (C=O) groups is 1. The Hall–Kier alpha value is -2.44. The van der Waals surface area contributed by atoms with Gasteiger partial charge < -0.3 is 15.2 Å². The second kappa shape index (κ2) is 5.47. The Bertz CT molecular complexity index is 579. The average Bonchev–Trinajstić information content (AvgIpc) is 2.85. The number of hydrogen-bond acceptors (Lipinski definition) is 5. The van der Waals surface area contributed by atoms with Gasteiger partial charge in [-0.2, -0.15) is 0 Å². The molecule has 0 radical (unpaired) electrons. The van der Waals surface area contributed by atoms with Crippen molar-refractivity contribution in [2.45, 2.75) is 13.0 Å². The van der Waals surface area contributed by atoms with E-state index in [9.17, 15) is 4.79 Å². The van der Waals surface area contributed by atoms with Crippen molar-refractivity contribution < 1.29 is 4.79 Å². The molecule has 1 unspecified atom stereocenters. The van der Waals surface area contributed by atoms with Crippen LogP contribution in [0.3, 0.4) is 0 Å². The fourth-order valence-electron chi connectivity index (χ4n) is 1.82.